The average Bonchev–Trinajstić information content (AvgIpc) is 2.33. The zero-order valence-electron chi connectivity index (χ0n) is 9.82. The number of hydrogen-bond donors (Lipinski definition) is 0. The topological polar surface area (TPSA) is 39.2 Å². The molecule has 1 aromatic heterocycles. The first-order valence-corrected chi connectivity index (χ1v) is 5.88. The predicted molar refractivity (Wildman–Crippen MR) is 62.8 cm³/mol. The predicted octanol–water partition coefficient (Wildman–Crippen LogP) is 3.10. The second-order valence-corrected chi connectivity index (χ2v) is 3.79. The molecule has 3 nitrogen and oxygen atoms in total. The van der Waals surface area contributed by atoms with Crippen molar-refractivity contribution >= 4 is 5.97 Å². The molecule has 0 amide bonds. The Morgan fingerprint density at radius 2 is 2.19 bits per heavy atom. The summed E-state index contributed by atoms with van der Waals surface area (Å²) in [6.07, 6.45) is 6.62. The van der Waals surface area contributed by atoms with E-state index >= 15 is 0 Å². The van der Waals surface area contributed by atoms with E-state index in [1.807, 2.05) is 18.2 Å². The Morgan fingerprint density at radius 3 is 2.88 bits per heavy atom. The van der Waals surface area contributed by atoms with Gasteiger partial charge in [0.15, 0.2) is 0 Å². The highest BCUT2D eigenvalue weighted by molar-refractivity contribution is 5.69. The molecule has 0 aliphatic rings. The van der Waals surface area contributed by atoms with Crippen molar-refractivity contribution in [3.63, 3.8) is 0 Å². The van der Waals surface area contributed by atoms with Crippen LogP contribution >= 0.6 is 0 Å². The van der Waals surface area contributed by atoms with Crippen LogP contribution in [0.1, 0.15) is 44.7 Å². The number of unbranched alkanes of at least 4 members (excludes halogenated alkanes) is 3. The summed E-state index contributed by atoms with van der Waals surface area (Å²) in [5.74, 6) is -0.123. The number of hydrogen-bond acceptors (Lipinski definition) is 3. The molecule has 0 fully saturated rings. The summed E-state index contributed by atoms with van der Waals surface area (Å²) in [6.45, 7) is 2.44. The normalized spacial score (nSPS) is 10.1. The highest BCUT2D eigenvalue weighted by Gasteiger charge is 2.03. The summed E-state index contributed by atoms with van der Waals surface area (Å²) in [4.78, 5) is 15.4. The summed E-state index contributed by atoms with van der Waals surface area (Å²) in [7, 11) is 0. The third-order valence-corrected chi connectivity index (χ3v) is 2.34. The van der Waals surface area contributed by atoms with Crippen LogP contribution in [0.4, 0.5) is 0 Å². The van der Waals surface area contributed by atoms with Crippen LogP contribution in [0.2, 0.25) is 0 Å². The standard InChI is InChI=1S/C13H19NO2/c1-2-3-4-5-9-13(15)16-11-12-8-6-7-10-14-12/h6-8,10H,2-5,9,11H2,1H3. The minimum atomic E-state index is -0.123. The molecule has 1 rings (SSSR count). The number of esters is 1. The summed E-state index contributed by atoms with van der Waals surface area (Å²) in [5, 5.41) is 0. The van der Waals surface area contributed by atoms with E-state index < -0.39 is 0 Å². The second-order valence-electron chi connectivity index (χ2n) is 3.79. The Kier molecular flexibility index (Phi) is 6.23. The monoisotopic (exact) mass is 221 g/mol. The molecular formula is C13H19NO2. The second kappa shape index (κ2) is 7.85. The number of carbonyl (C=O) groups excluding carboxylic acids is 1. The fourth-order valence-electron chi connectivity index (χ4n) is 1.41. The molecule has 0 aliphatic carbocycles. The lowest BCUT2D eigenvalue weighted by Crippen LogP contribution is -2.05. The quantitative estimate of drug-likeness (QED) is 0.524. The van der Waals surface area contributed by atoms with Crippen molar-refractivity contribution in [1.82, 2.24) is 4.98 Å². The molecule has 1 heterocycles. The third kappa shape index (κ3) is 5.49. The molecule has 16 heavy (non-hydrogen) atoms. The maximum absolute atomic E-state index is 11.3. The summed E-state index contributed by atoms with van der Waals surface area (Å²) in [5.41, 5.74) is 0.796. The summed E-state index contributed by atoms with van der Waals surface area (Å²) < 4.78 is 5.11. The number of nitrogens with zero attached hydrogens (tertiary/aromatic N) is 1. The molecular weight excluding hydrogens is 202 g/mol. The molecule has 1 aromatic rings. The van der Waals surface area contributed by atoms with Gasteiger partial charge in [0.2, 0.25) is 0 Å². The first kappa shape index (κ1) is 12.7. The molecule has 0 atom stereocenters. The highest BCUT2D eigenvalue weighted by atomic mass is 16.5. The molecule has 0 radical (unpaired) electrons. The van der Waals surface area contributed by atoms with Crippen LogP contribution in [-0.2, 0) is 16.1 Å². The fraction of sp³-hybridized carbons (Fsp3) is 0.538. The number of rotatable bonds is 7. The molecule has 3 heteroatoms. The highest BCUT2D eigenvalue weighted by Crippen LogP contribution is 2.04. The Hall–Kier alpha value is -1.38. The maximum atomic E-state index is 11.3. The van der Waals surface area contributed by atoms with Gasteiger partial charge in [0.25, 0.3) is 0 Å². The fourth-order valence-corrected chi connectivity index (χ4v) is 1.41. The SMILES string of the molecule is CCCCCCC(=O)OCc1ccccn1. The van der Waals surface area contributed by atoms with Gasteiger partial charge >= 0.3 is 5.97 Å². The molecule has 0 saturated heterocycles. The van der Waals surface area contributed by atoms with E-state index in [0.29, 0.717) is 6.42 Å². The minimum Gasteiger partial charge on any atom is -0.459 e. The van der Waals surface area contributed by atoms with Crippen molar-refractivity contribution in [3.05, 3.63) is 30.1 Å². The Labute approximate surface area is 96.8 Å². The van der Waals surface area contributed by atoms with Crippen LogP contribution in [0.3, 0.4) is 0 Å². The van der Waals surface area contributed by atoms with Crippen LogP contribution in [0, 0.1) is 0 Å². The van der Waals surface area contributed by atoms with Gasteiger partial charge < -0.3 is 4.74 Å². The zero-order chi connectivity index (χ0) is 11.6. The molecule has 0 unspecified atom stereocenters. The van der Waals surface area contributed by atoms with E-state index in [4.69, 9.17) is 4.74 Å². The third-order valence-electron chi connectivity index (χ3n) is 2.34. The lowest BCUT2D eigenvalue weighted by molar-refractivity contribution is -0.145. The molecule has 0 N–H and O–H groups in total. The van der Waals surface area contributed by atoms with Crippen LogP contribution in [0.25, 0.3) is 0 Å². The largest absolute Gasteiger partial charge is 0.459 e. The molecule has 0 aromatic carbocycles. The van der Waals surface area contributed by atoms with Crippen molar-refractivity contribution < 1.29 is 9.53 Å². The lowest BCUT2D eigenvalue weighted by Gasteiger charge is -2.03. The van der Waals surface area contributed by atoms with E-state index in [9.17, 15) is 4.79 Å². The molecule has 0 spiro atoms. The molecule has 88 valence electrons. The maximum Gasteiger partial charge on any atom is 0.306 e. The Bertz CT molecular complexity index is 298. The van der Waals surface area contributed by atoms with Crippen molar-refractivity contribution in [2.24, 2.45) is 0 Å². The van der Waals surface area contributed by atoms with Gasteiger partial charge in [-0.1, -0.05) is 32.3 Å². The first-order chi connectivity index (χ1) is 7.83. The van der Waals surface area contributed by atoms with Crippen LogP contribution in [0.15, 0.2) is 24.4 Å². The molecule has 0 bridgehead atoms. The van der Waals surface area contributed by atoms with Crippen molar-refractivity contribution in [1.29, 1.82) is 0 Å². The first-order valence-electron chi connectivity index (χ1n) is 5.88. The summed E-state index contributed by atoms with van der Waals surface area (Å²) >= 11 is 0. The van der Waals surface area contributed by atoms with Gasteiger partial charge in [-0.25, -0.2) is 0 Å². The van der Waals surface area contributed by atoms with Gasteiger partial charge in [-0.2, -0.15) is 0 Å². The number of pyridine rings is 1. The smallest absolute Gasteiger partial charge is 0.306 e. The van der Waals surface area contributed by atoms with Gasteiger partial charge in [-0.15, -0.1) is 0 Å². The van der Waals surface area contributed by atoms with E-state index in [1.165, 1.54) is 12.8 Å². The van der Waals surface area contributed by atoms with Gasteiger partial charge in [-0.05, 0) is 18.6 Å². The van der Waals surface area contributed by atoms with Crippen LogP contribution in [0.5, 0.6) is 0 Å². The Balaban J connectivity index is 2.11. The van der Waals surface area contributed by atoms with E-state index in [1.54, 1.807) is 6.20 Å². The zero-order valence-corrected chi connectivity index (χ0v) is 9.82. The molecule has 0 aliphatic heterocycles. The van der Waals surface area contributed by atoms with Crippen molar-refractivity contribution in [2.75, 3.05) is 0 Å². The lowest BCUT2D eigenvalue weighted by atomic mass is 10.2. The van der Waals surface area contributed by atoms with Gasteiger partial charge in [0, 0.05) is 12.6 Å². The van der Waals surface area contributed by atoms with E-state index in [0.717, 1.165) is 18.5 Å². The minimum absolute atomic E-state index is 0.123. The van der Waals surface area contributed by atoms with Crippen molar-refractivity contribution in [3.8, 4) is 0 Å². The van der Waals surface area contributed by atoms with Crippen LogP contribution in [-0.4, -0.2) is 11.0 Å². The average molecular weight is 221 g/mol. The van der Waals surface area contributed by atoms with E-state index in [-0.39, 0.29) is 12.6 Å². The van der Waals surface area contributed by atoms with Gasteiger partial charge in [0.1, 0.15) is 6.61 Å². The molecule has 0 saturated carbocycles. The van der Waals surface area contributed by atoms with E-state index in [2.05, 4.69) is 11.9 Å². The van der Waals surface area contributed by atoms with Gasteiger partial charge in [-0.3, -0.25) is 9.78 Å². The Morgan fingerprint density at radius 1 is 1.31 bits per heavy atom. The number of carbonyl (C=O) groups is 1. The summed E-state index contributed by atoms with van der Waals surface area (Å²) in [6, 6.07) is 5.58. The number of ether oxygens (including phenoxy) is 1. The van der Waals surface area contributed by atoms with Crippen LogP contribution < -0.4 is 0 Å². The van der Waals surface area contributed by atoms with Crippen molar-refractivity contribution in [2.45, 2.75) is 45.6 Å². The number of aromatic nitrogens is 1. The van der Waals surface area contributed by atoms with Gasteiger partial charge in [0.05, 0.1) is 5.69 Å².